The number of hydrogen-bond acceptors (Lipinski definition) is 2. The fourth-order valence-electron chi connectivity index (χ4n) is 2.82. The Kier molecular flexibility index (Phi) is 3.35. The van der Waals surface area contributed by atoms with Crippen LogP contribution in [-0.2, 0) is 4.79 Å². The zero-order chi connectivity index (χ0) is 16.5. The Bertz CT molecular complexity index is 955. The number of carbonyl (C=O) groups is 2. The third-order valence-corrected chi connectivity index (χ3v) is 4.02. The highest BCUT2D eigenvalue weighted by atomic mass is 16.2. The average Bonchev–Trinajstić information content (AvgIpc) is 3.23. The summed E-state index contributed by atoms with van der Waals surface area (Å²) in [4.78, 5) is 27.9. The van der Waals surface area contributed by atoms with E-state index in [2.05, 4.69) is 10.3 Å². The van der Waals surface area contributed by atoms with E-state index >= 15 is 0 Å². The highest BCUT2D eigenvalue weighted by Gasteiger charge is 2.25. The van der Waals surface area contributed by atoms with Gasteiger partial charge in [-0.2, -0.15) is 0 Å². The predicted octanol–water partition coefficient (Wildman–Crippen LogP) is 3.74. The minimum Gasteiger partial charge on any atom is -0.362 e. The number of anilines is 1. The average molecular weight is 314 g/mol. The van der Waals surface area contributed by atoms with Gasteiger partial charge in [0.25, 0.3) is 5.91 Å². The normalized spacial score (nSPS) is 14.5. The van der Waals surface area contributed by atoms with E-state index in [9.17, 15) is 9.59 Å². The zero-order valence-electron chi connectivity index (χ0n) is 12.7. The topological polar surface area (TPSA) is 62.0 Å². The molecule has 0 radical (unpaired) electrons. The highest BCUT2D eigenvalue weighted by Crippen LogP contribution is 2.34. The van der Waals surface area contributed by atoms with Crippen molar-refractivity contribution in [2.24, 2.45) is 0 Å². The number of hydrogen-bond donors (Lipinski definition) is 2. The molecule has 4 nitrogen and oxygen atoms in total. The number of ketones is 1. The molecule has 2 N–H and O–H groups in total. The van der Waals surface area contributed by atoms with Gasteiger partial charge >= 0.3 is 0 Å². The van der Waals surface area contributed by atoms with Gasteiger partial charge in [-0.3, -0.25) is 9.59 Å². The number of rotatable bonds is 3. The number of H-pyrrole nitrogens is 1. The van der Waals surface area contributed by atoms with Crippen LogP contribution in [0.3, 0.4) is 0 Å². The van der Waals surface area contributed by atoms with Crippen LogP contribution in [0.5, 0.6) is 0 Å². The first-order valence-corrected chi connectivity index (χ1v) is 7.63. The molecule has 0 atom stereocenters. The molecule has 3 aromatic rings. The van der Waals surface area contributed by atoms with E-state index in [0.29, 0.717) is 16.7 Å². The van der Waals surface area contributed by atoms with Gasteiger partial charge in [0.05, 0.1) is 5.57 Å². The summed E-state index contributed by atoms with van der Waals surface area (Å²) >= 11 is 0. The molecule has 24 heavy (non-hydrogen) atoms. The molecule has 2 aromatic carbocycles. The van der Waals surface area contributed by atoms with Crippen molar-refractivity contribution in [3.05, 3.63) is 89.2 Å². The van der Waals surface area contributed by atoms with E-state index in [1.807, 2.05) is 30.3 Å². The van der Waals surface area contributed by atoms with E-state index in [-0.39, 0.29) is 11.7 Å². The Labute approximate surface area is 138 Å². The fraction of sp³-hybridized carbons (Fsp3) is 0. The fourth-order valence-corrected chi connectivity index (χ4v) is 2.82. The largest absolute Gasteiger partial charge is 0.362 e. The number of nitrogens with one attached hydrogen (secondary N) is 2. The monoisotopic (exact) mass is 314 g/mol. The minimum atomic E-state index is -0.163. The van der Waals surface area contributed by atoms with Crippen molar-refractivity contribution in [1.29, 1.82) is 0 Å². The van der Waals surface area contributed by atoms with Gasteiger partial charge in [0.15, 0.2) is 5.78 Å². The molecular formula is C20H14N2O2. The summed E-state index contributed by atoms with van der Waals surface area (Å²) < 4.78 is 0. The van der Waals surface area contributed by atoms with Gasteiger partial charge in [0.1, 0.15) is 0 Å². The second kappa shape index (κ2) is 5.66. The van der Waals surface area contributed by atoms with Gasteiger partial charge in [0.2, 0.25) is 0 Å². The molecule has 0 unspecified atom stereocenters. The highest BCUT2D eigenvalue weighted by molar-refractivity contribution is 6.35. The lowest BCUT2D eigenvalue weighted by atomic mass is 9.98. The molecule has 0 fully saturated rings. The van der Waals surface area contributed by atoms with Crippen LogP contribution in [0.15, 0.2) is 66.9 Å². The standard InChI is InChI=1S/C20H14N2O2/c23-19(13-5-2-1-3-6-13)14-8-9-18-16(11-14)17(20(24)22-18)12-15-7-4-10-21-15/h1-12,21H,(H,22,24)/b17-12-. The number of aromatic nitrogens is 1. The molecule has 0 aliphatic carbocycles. The Morgan fingerprint density at radius 3 is 2.50 bits per heavy atom. The second-order valence-corrected chi connectivity index (χ2v) is 5.59. The molecule has 1 aliphatic heterocycles. The maximum absolute atomic E-state index is 12.6. The van der Waals surface area contributed by atoms with Crippen LogP contribution in [-0.4, -0.2) is 16.7 Å². The maximum atomic E-state index is 12.6. The van der Waals surface area contributed by atoms with E-state index < -0.39 is 0 Å². The van der Waals surface area contributed by atoms with Crippen LogP contribution in [0.2, 0.25) is 0 Å². The van der Waals surface area contributed by atoms with Crippen LogP contribution >= 0.6 is 0 Å². The van der Waals surface area contributed by atoms with Crippen molar-refractivity contribution >= 4 is 29.0 Å². The zero-order valence-corrected chi connectivity index (χ0v) is 12.7. The third-order valence-electron chi connectivity index (χ3n) is 4.02. The first-order valence-electron chi connectivity index (χ1n) is 7.63. The summed E-state index contributed by atoms with van der Waals surface area (Å²) in [7, 11) is 0. The number of aromatic amines is 1. The Hall–Kier alpha value is -3.40. The lowest BCUT2D eigenvalue weighted by Gasteiger charge is -2.04. The number of benzene rings is 2. The Morgan fingerprint density at radius 2 is 1.75 bits per heavy atom. The van der Waals surface area contributed by atoms with Crippen LogP contribution in [0.4, 0.5) is 5.69 Å². The molecule has 0 bridgehead atoms. The Morgan fingerprint density at radius 1 is 0.917 bits per heavy atom. The SMILES string of the molecule is O=C1Nc2ccc(C(=O)c3ccccc3)cc2/C1=C/c1ccc[nH]1. The molecule has 1 aliphatic rings. The Balaban J connectivity index is 1.77. The lowest BCUT2D eigenvalue weighted by Crippen LogP contribution is -2.03. The van der Waals surface area contributed by atoms with Gasteiger partial charge in [-0.1, -0.05) is 30.3 Å². The van der Waals surface area contributed by atoms with E-state index in [4.69, 9.17) is 0 Å². The smallest absolute Gasteiger partial charge is 0.256 e. The summed E-state index contributed by atoms with van der Waals surface area (Å²) in [5.74, 6) is -0.221. The number of amides is 1. The van der Waals surface area contributed by atoms with E-state index in [1.54, 1.807) is 42.6 Å². The van der Waals surface area contributed by atoms with Crippen LogP contribution < -0.4 is 5.32 Å². The molecular weight excluding hydrogens is 300 g/mol. The van der Waals surface area contributed by atoms with Gasteiger partial charge in [-0.05, 0) is 36.4 Å². The van der Waals surface area contributed by atoms with Crippen molar-refractivity contribution in [2.75, 3.05) is 5.32 Å². The summed E-state index contributed by atoms with van der Waals surface area (Å²) in [6.45, 7) is 0. The molecule has 2 heterocycles. The van der Waals surface area contributed by atoms with Gasteiger partial charge < -0.3 is 10.3 Å². The summed E-state index contributed by atoms with van der Waals surface area (Å²) in [5.41, 5.74) is 4.06. The molecule has 1 aromatic heterocycles. The molecule has 0 spiro atoms. The van der Waals surface area contributed by atoms with Crippen LogP contribution in [0, 0.1) is 0 Å². The van der Waals surface area contributed by atoms with Crippen molar-refractivity contribution in [3.63, 3.8) is 0 Å². The van der Waals surface area contributed by atoms with Gasteiger partial charge in [-0.15, -0.1) is 0 Å². The molecule has 116 valence electrons. The molecule has 1 amide bonds. The molecule has 0 saturated carbocycles. The lowest BCUT2D eigenvalue weighted by molar-refractivity contribution is -0.110. The first-order chi connectivity index (χ1) is 11.7. The third kappa shape index (κ3) is 2.44. The van der Waals surface area contributed by atoms with Gasteiger partial charge in [0, 0.05) is 34.3 Å². The summed E-state index contributed by atoms with van der Waals surface area (Å²) in [5, 5.41) is 2.83. The number of carbonyl (C=O) groups excluding carboxylic acids is 2. The predicted molar refractivity (Wildman–Crippen MR) is 93.6 cm³/mol. The van der Waals surface area contributed by atoms with Gasteiger partial charge in [-0.25, -0.2) is 0 Å². The van der Waals surface area contributed by atoms with Crippen LogP contribution in [0.25, 0.3) is 11.6 Å². The summed E-state index contributed by atoms with van der Waals surface area (Å²) in [6, 6.07) is 18.2. The molecule has 4 rings (SSSR count). The van der Waals surface area contributed by atoms with Crippen molar-refractivity contribution in [1.82, 2.24) is 4.98 Å². The summed E-state index contributed by atoms with van der Waals surface area (Å²) in [6.07, 6.45) is 3.59. The van der Waals surface area contributed by atoms with E-state index in [0.717, 1.165) is 16.9 Å². The molecule has 4 heteroatoms. The molecule has 0 saturated heterocycles. The van der Waals surface area contributed by atoms with E-state index in [1.165, 1.54) is 0 Å². The minimum absolute atomic E-state index is 0.0584. The quantitative estimate of drug-likeness (QED) is 0.571. The van der Waals surface area contributed by atoms with Crippen molar-refractivity contribution < 1.29 is 9.59 Å². The number of fused-ring (bicyclic) bond motifs is 1. The van der Waals surface area contributed by atoms with Crippen molar-refractivity contribution in [2.45, 2.75) is 0 Å². The van der Waals surface area contributed by atoms with Crippen molar-refractivity contribution in [3.8, 4) is 0 Å². The maximum Gasteiger partial charge on any atom is 0.256 e. The second-order valence-electron chi connectivity index (χ2n) is 5.59. The first kappa shape index (κ1) is 14.2. The van der Waals surface area contributed by atoms with Crippen LogP contribution in [0.1, 0.15) is 27.2 Å².